The molecule has 0 amide bonds. The zero-order valence-electron chi connectivity index (χ0n) is 7.77. The number of phenols is 1. The highest BCUT2D eigenvalue weighted by Crippen LogP contribution is 2.35. The molecule has 5 nitrogen and oxygen atoms in total. The van der Waals surface area contributed by atoms with Crippen LogP contribution in [0.3, 0.4) is 0 Å². The second-order valence-electron chi connectivity index (χ2n) is 2.76. The minimum Gasteiger partial charge on any atom is -0.504 e. The van der Waals surface area contributed by atoms with Gasteiger partial charge >= 0.3 is 5.97 Å². The van der Waals surface area contributed by atoms with E-state index in [9.17, 15) is 14.3 Å². The molecule has 3 N–H and O–H groups in total. The van der Waals surface area contributed by atoms with Gasteiger partial charge < -0.3 is 20.1 Å². The Kier molecular flexibility index (Phi) is 3.11. The molecule has 1 aromatic carbocycles. The van der Waals surface area contributed by atoms with Gasteiger partial charge in [-0.15, -0.1) is 0 Å². The van der Waals surface area contributed by atoms with Gasteiger partial charge in [0.15, 0.2) is 23.4 Å². The second kappa shape index (κ2) is 4.14. The van der Waals surface area contributed by atoms with Gasteiger partial charge in [0.2, 0.25) is 0 Å². The Labute approximate surface area is 84.3 Å². The minimum atomic E-state index is -1.92. The molecule has 0 heterocycles. The van der Waals surface area contributed by atoms with Crippen molar-refractivity contribution < 1.29 is 29.2 Å². The van der Waals surface area contributed by atoms with Crippen LogP contribution in [0.15, 0.2) is 12.1 Å². The first-order valence-electron chi connectivity index (χ1n) is 3.95. The number of hydrogen-bond donors (Lipinski definition) is 3. The third-order valence-corrected chi connectivity index (χ3v) is 1.85. The highest BCUT2D eigenvalue weighted by Gasteiger charge is 2.23. The summed E-state index contributed by atoms with van der Waals surface area (Å²) in [6.07, 6.45) is -1.92. The predicted octanol–water partition coefficient (Wildman–Crippen LogP) is 0.658. The Hall–Kier alpha value is -1.82. The first-order chi connectivity index (χ1) is 6.99. The number of benzene rings is 1. The summed E-state index contributed by atoms with van der Waals surface area (Å²) < 4.78 is 17.5. The largest absolute Gasteiger partial charge is 0.504 e. The summed E-state index contributed by atoms with van der Waals surface area (Å²) in [6.45, 7) is 0. The lowest BCUT2D eigenvalue weighted by Crippen LogP contribution is -2.11. The summed E-state index contributed by atoms with van der Waals surface area (Å²) in [6, 6.07) is 1.88. The van der Waals surface area contributed by atoms with Crippen LogP contribution >= 0.6 is 0 Å². The van der Waals surface area contributed by atoms with E-state index in [1.807, 2.05) is 0 Å². The molecule has 0 saturated heterocycles. The van der Waals surface area contributed by atoms with Crippen LogP contribution in [0, 0.1) is 5.82 Å². The number of methoxy groups -OCH3 is 1. The number of phenolic OH excluding ortho intramolecular Hbond substituents is 1. The van der Waals surface area contributed by atoms with Gasteiger partial charge in [-0.05, 0) is 12.1 Å². The van der Waals surface area contributed by atoms with Crippen LogP contribution < -0.4 is 4.74 Å². The van der Waals surface area contributed by atoms with E-state index in [1.165, 1.54) is 0 Å². The van der Waals surface area contributed by atoms with Crippen LogP contribution in [0.1, 0.15) is 11.7 Å². The normalized spacial score (nSPS) is 12.2. The fourth-order valence-electron chi connectivity index (χ4n) is 1.11. The molecule has 6 heteroatoms. The molecule has 0 saturated carbocycles. The highest BCUT2D eigenvalue weighted by molar-refractivity contribution is 5.75. The van der Waals surface area contributed by atoms with Gasteiger partial charge in [-0.3, -0.25) is 0 Å². The van der Waals surface area contributed by atoms with E-state index in [0.29, 0.717) is 0 Å². The van der Waals surface area contributed by atoms with Crippen LogP contribution in [0.5, 0.6) is 11.5 Å². The number of rotatable bonds is 3. The quantitative estimate of drug-likeness (QED) is 0.690. The number of halogens is 1. The van der Waals surface area contributed by atoms with Crippen molar-refractivity contribution in [2.45, 2.75) is 6.10 Å². The minimum absolute atomic E-state index is 0.319. The van der Waals surface area contributed by atoms with E-state index in [4.69, 9.17) is 10.2 Å². The molecule has 82 valence electrons. The maximum Gasteiger partial charge on any atom is 0.337 e. The maximum absolute atomic E-state index is 13.0. The molecule has 0 aliphatic rings. The Balaban J connectivity index is 3.27. The second-order valence-corrected chi connectivity index (χ2v) is 2.76. The van der Waals surface area contributed by atoms with Gasteiger partial charge in [0.1, 0.15) is 0 Å². The van der Waals surface area contributed by atoms with E-state index in [-0.39, 0.29) is 5.56 Å². The lowest BCUT2D eigenvalue weighted by Gasteiger charge is -2.11. The summed E-state index contributed by atoms with van der Waals surface area (Å²) in [7, 11) is 1.12. The van der Waals surface area contributed by atoms with Gasteiger partial charge in [-0.2, -0.15) is 0 Å². The first kappa shape index (κ1) is 11.3. The molecule has 0 spiro atoms. The van der Waals surface area contributed by atoms with Crippen LogP contribution in [0.25, 0.3) is 0 Å². The van der Waals surface area contributed by atoms with Crippen LogP contribution in [0.4, 0.5) is 4.39 Å². The fourth-order valence-corrected chi connectivity index (χ4v) is 1.11. The lowest BCUT2D eigenvalue weighted by atomic mass is 10.1. The van der Waals surface area contributed by atoms with Crippen molar-refractivity contribution in [3.63, 3.8) is 0 Å². The molecule has 1 unspecified atom stereocenters. The molecule has 15 heavy (non-hydrogen) atoms. The van der Waals surface area contributed by atoms with Gasteiger partial charge in [-0.25, -0.2) is 9.18 Å². The van der Waals surface area contributed by atoms with Crippen molar-refractivity contribution in [2.75, 3.05) is 7.11 Å². The van der Waals surface area contributed by atoms with E-state index < -0.39 is 29.4 Å². The molecule has 0 aromatic heterocycles. The van der Waals surface area contributed by atoms with Crippen molar-refractivity contribution in [1.29, 1.82) is 0 Å². The van der Waals surface area contributed by atoms with Crippen molar-refractivity contribution in [1.82, 2.24) is 0 Å². The van der Waals surface area contributed by atoms with Crippen molar-refractivity contribution in [3.8, 4) is 11.5 Å². The predicted molar refractivity (Wildman–Crippen MR) is 47.2 cm³/mol. The Morgan fingerprint density at radius 2 is 2.13 bits per heavy atom. The number of carbonyl (C=O) groups is 1. The SMILES string of the molecule is COc1c(F)ccc(C(O)C(=O)O)c1O. The molecule has 1 rings (SSSR count). The molecule has 0 fully saturated rings. The highest BCUT2D eigenvalue weighted by atomic mass is 19.1. The number of hydrogen-bond acceptors (Lipinski definition) is 4. The zero-order chi connectivity index (χ0) is 11.6. The summed E-state index contributed by atoms with van der Waals surface area (Å²) in [5.74, 6) is -3.59. The summed E-state index contributed by atoms with van der Waals surface area (Å²) in [5, 5.41) is 27.0. The van der Waals surface area contributed by atoms with E-state index in [0.717, 1.165) is 19.2 Å². The van der Waals surface area contributed by atoms with Gasteiger partial charge in [0, 0.05) is 5.56 Å². The average molecular weight is 216 g/mol. The molecular formula is C9H9FO5. The number of carboxylic acid groups (broad SMARTS) is 1. The van der Waals surface area contributed by atoms with E-state index in [2.05, 4.69) is 4.74 Å². The third-order valence-electron chi connectivity index (χ3n) is 1.85. The monoisotopic (exact) mass is 216 g/mol. The van der Waals surface area contributed by atoms with Gasteiger partial charge in [0.25, 0.3) is 0 Å². The topological polar surface area (TPSA) is 87.0 Å². The van der Waals surface area contributed by atoms with Crippen molar-refractivity contribution in [2.24, 2.45) is 0 Å². The van der Waals surface area contributed by atoms with Crippen molar-refractivity contribution >= 4 is 5.97 Å². The van der Waals surface area contributed by atoms with E-state index in [1.54, 1.807) is 0 Å². The molecule has 1 aromatic rings. The van der Waals surface area contributed by atoms with Crippen LogP contribution in [-0.2, 0) is 4.79 Å². The standard InChI is InChI=1S/C9H9FO5/c1-15-8-5(10)3-2-4(6(8)11)7(12)9(13)14/h2-3,7,11-12H,1H3,(H,13,14). The van der Waals surface area contributed by atoms with Crippen LogP contribution in [0.2, 0.25) is 0 Å². The Morgan fingerprint density at radius 3 is 2.60 bits per heavy atom. The van der Waals surface area contributed by atoms with Crippen molar-refractivity contribution in [3.05, 3.63) is 23.5 Å². The number of aliphatic hydroxyl groups is 1. The number of aliphatic hydroxyl groups excluding tert-OH is 1. The fraction of sp³-hybridized carbons (Fsp3) is 0.222. The molecule has 0 bridgehead atoms. The number of aliphatic carboxylic acids is 1. The molecular weight excluding hydrogens is 207 g/mol. The number of carboxylic acids is 1. The number of aromatic hydroxyl groups is 1. The average Bonchev–Trinajstić information content (AvgIpc) is 2.17. The Morgan fingerprint density at radius 1 is 1.53 bits per heavy atom. The summed E-state index contributed by atoms with van der Waals surface area (Å²) in [5.41, 5.74) is -0.319. The Bertz CT molecular complexity index is 390. The molecule has 0 aliphatic carbocycles. The number of ether oxygens (including phenoxy) is 1. The molecule has 0 aliphatic heterocycles. The summed E-state index contributed by atoms with van der Waals surface area (Å²) in [4.78, 5) is 10.4. The van der Waals surface area contributed by atoms with Crippen LogP contribution in [-0.4, -0.2) is 28.4 Å². The van der Waals surface area contributed by atoms with Gasteiger partial charge in [0.05, 0.1) is 7.11 Å². The third kappa shape index (κ3) is 1.99. The molecule has 0 radical (unpaired) electrons. The molecule has 1 atom stereocenters. The van der Waals surface area contributed by atoms with E-state index >= 15 is 0 Å². The maximum atomic E-state index is 13.0. The van der Waals surface area contributed by atoms with Gasteiger partial charge in [-0.1, -0.05) is 0 Å². The smallest absolute Gasteiger partial charge is 0.337 e. The zero-order valence-corrected chi connectivity index (χ0v) is 7.77. The summed E-state index contributed by atoms with van der Waals surface area (Å²) >= 11 is 0. The first-order valence-corrected chi connectivity index (χ1v) is 3.95. The lowest BCUT2D eigenvalue weighted by molar-refractivity contribution is -0.147.